The van der Waals surface area contributed by atoms with Gasteiger partial charge in [0.2, 0.25) is 0 Å². The first-order valence-corrected chi connectivity index (χ1v) is 5.21. The number of hydrogen-bond donors (Lipinski definition) is 1. The lowest BCUT2D eigenvalue weighted by molar-refractivity contribution is 0.252. The van der Waals surface area contributed by atoms with Gasteiger partial charge >= 0.3 is 0 Å². The van der Waals surface area contributed by atoms with Crippen molar-refractivity contribution in [2.45, 2.75) is 26.0 Å². The van der Waals surface area contributed by atoms with Gasteiger partial charge in [-0.25, -0.2) is 0 Å². The maximum Gasteiger partial charge on any atom is 0.127 e. The predicted molar refractivity (Wildman–Crippen MR) is 58.0 cm³/mol. The molecule has 0 bridgehead atoms. The fraction of sp³-hybridized carbons (Fsp3) is 0.455. The number of halogens is 1. The van der Waals surface area contributed by atoms with Gasteiger partial charge in [-0.15, -0.1) is 0 Å². The van der Waals surface area contributed by atoms with Crippen molar-refractivity contribution < 1.29 is 4.74 Å². The molecule has 2 nitrogen and oxygen atoms in total. The number of fused-ring (bicyclic) bond motifs is 1. The Kier molecular flexibility index (Phi) is 2.66. The van der Waals surface area contributed by atoms with Gasteiger partial charge in [-0.3, -0.25) is 0 Å². The van der Waals surface area contributed by atoms with Crippen LogP contribution in [-0.2, 0) is 13.0 Å². The van der Waals surface area contributed by atoms with Crippen LogP contribution in [0.2, 0.25) is 5.02 Å². The first-order valence-electron chi connectivity index (χ1n) is 4.83. The molecule has 1 aromatic carbocycles. The Bertz CT molecular complexity index is 351. The normalized spacial score (nSPS) is 19.2. The van der Waals surface area contributed by atoms with Gasteiger partial charge in [0.25, 0.3) is 0 Å². The van der Waals surface area contributed by atoms with Crippen LogP contribution in [-0.4, -0.2) is 13.2 Å². The summed E-state index contributed by atoms with van der Waals surface area (Å²) in [7, 11) is 1.92. The Hall–Kier alpha value is -0.730. The number of nitrogens with one attached hydrogen (secondary N) is 1. The quantitative estimate of drug-likeness (QED) is 0.811. The summed E-state index contributed by atoms with van der Waals surface area (Å²) in [6.07, 6.45) is 1.24. The van der Waals surface area contributed by atoms with Gasteiger partial charge in [-0.05, 0) is 31.7 Å². The average molecular weight is 212 g/mol. The number of ether oxygens (including phenoxy) is 1. The smallest absolute Gasteiger partial charge is 0.127 e. The highest BCUT2D eigenvalue weighted by atomic mass is 35.5. The Morgan fingerprint density at radius 1 is 1.57 bits per heavy atom. The standard InChI is InChI=1S/C11H14ClNO/c1-7-3-8-4-10(12)5-9(6-13-2)11(8)14-7/h4-5,7,13H,3,6H2,1-2H3. The van der Waals surface area contributed by atoms with Gasteiger partial charge in [0.15, 0.2) is 0 Å². The summed E-state index contributed by atoms with van der Waals surface area (Å²) in [5, 5.41) is 3.91. The molecule has 1 aliphatic rings. The van der Waals surface area contributed by atoms with Crippen LogP contribution in [0.5, 0.6) is 5.75 Å². The fourth-order valence-electron chi connectivity index (χ4n) is 1.89. The third-order valence-corrected chi connectivity index (χ3v) is 2.62. The molecule has 0 fully saturated rings. The Morgan fingerprint density at radius 3 is 3.07 bits per heavy atom. The van der Waals surface area contributed by atoms with Crippen molar-refractivity contribution in [3.8, 4) is 5.75 Å². The molecule has 1 unspecified atom stereocenters. The lowest BCUT2D eigenvalue weighted by Gasteiger charge is -2.09. The van der Waals surface area contributed by atoms with Crippen LogP contribution < -0.4 is 10.1 Å². The van der Waals surface area contributed by atoms with E-state index >= 15 is 0 Å². The largest absolute Gasteiger partial charge is 0.490 e. The maximum absolute atomic E-state index is 6.03. The molecule has 1 N–H and O–H groups in total. The monoisotopic (exact) mass is 211 g/mol. The second-order valence-corrected chi connectivity index (χ2v) is 4.15. The zero-order valence-electron chi connectivity index (χ0n) is 8.43. The molecular weight excluding hydrogens is 198 g/mol. The molecule has 3 heteroatoms. The van der Waals surface area contributed by atoms with E-state index in [-0.39, 0.29) is 6.10 Å². The molecule has 1 aliphatic heterocycles. The zero-order valence-corrected chi connectivity index (χ0v) is 9.19. The van der Waals surface area contributed by atoms with Gasteiger partial charge in [0, 0.05) is 23.6 Å². The Balaban J connectivity index is 2.41. The van der Waals surface area contributed by atoms with E-state index in [2.05, 4.69) is 12.2 Å². The molecule has 1 aromatic rings. The van der Waals surface area contributed by atoms with E-state index < -0.39 is 0 Å². The van der Waals surface area contributed by atoms with Gasteiger partial charge in [0.05, 0.1) is 0 Å². The summed E-state index contributed by atoms with van der Waals surface area (Å²) in [6, 6.07) is 3.97. The fourth-order valence-corrected chi connectivity index (χ4v) is 2.15. The van der Waals surface area contributed by atoms with E-state index in [1.807, 2.05) is 19.2 Å². The second kappa shape index (κ2) is 3.79. The highest BCUT2D eigenvalue weighted by Gasteiger charge is 2.22. The first-order chi connectivity index (χ1) is 6.70. The average Bonchev–Trinajstić information content (AvgIpc) is 2.45. The molecule has 0 aliphatic carbocycles. The SMILES string of the molecule is CNCc1cc(Cl)cc2c1OC(C)C2. The van der Waals surface area contributed by atoms with Crippen molar-refractivity contribution in [3.63, 3.8) is 0 Å². The topological polar surface area (TPSA) is 21.3 Å². The summed E-state index contributed by atoms with van der Waals surface area (Å²) in [5.74, 6) is 1.02. The Morgan fingerprint density at radius 2 is 2.36 bits per heavy atom. The number of rotatable bonds is 2. The summed E-state index contributed by atoms with van der Waals surface area (Å²) < 4.78 is 5.75. The summed E-state index contributed by atoms with van der Waals surface area (Å²) in [6.45, 7) is 2.88. The summed E-state index contributed by atoms with van der Waals surface area (Å²) >= 11 is 6.03. The van der Waals surface area contributed by atoms with Crippen molar-refractivity contribution >= 4 is 11.6 Å². The number of benzene rings is 1. The van der Waals surface area contributed by atoms with Crippen LogP contribution in [0.3, 0.4) is 0 Å². The highest BCUT2D eigenvalue weighted by Crippen LogP contribution is 2.35. The minimum Gasteiger partial charge on any atom is -0.490 e. The molecule has 1 atom stereocenters. The summed E-state index contributed by atoms with van der Waals surface area (Å²) in [4.78, 5) is 0. The first kappa shape index (κ1) is 9.81. The predicted octanol–water partition coefficient (Wildman–Crippen LogP) is 2.38. The van der Waals surface area contributed by atoms with Crippen LogP contribution in [0.4, 0.5) is 0 Å². The second-order valence-electron chi connectivity index (χ2n) is 3.72. The third kappa shape index (κ3) is 1.72. The lowest BCUT2D eigenvalue weighted by Crippen LogP contribution is -2.09. The van der Waals surface area contributed by atoms with E-state index in [0.29, 0.717) is 0 Å². The van der Waals surface area contributed by atoms with E-state index in [9.17, 15) is 0 Å². The molecule has 76 valence electrons. The minimum atomic E-state index is 0.277. The van der Waals surface area contributed by atoms with Crippen LogP contribution in [0.15, 0.2) is 12.1 Å². The molecule has 14 heavy (non-hydrogen) atoms. The molecule has 0 spiro atoms. The Labute approximate surface area is 89.2 Å². The van der Waals surface area contributed by atoms with Crippen molar-refractivity contribution in [2.24, 2.45) is 0 Å². The third-order valence-electron chi connectivity index (χ3n) is 2.40. The summed E-state index contributed by atoms with van der Waals surface area (Å²) in [5.41, 5.74) is 2.38. The van der Waals surface area contributed by atoms with Crippen molar-refractivity contribution in [2.75, 3.05) is 7.05 Å². The number of hydrogen-bond acceptors (Lipinski definition) is 2. The van der Waals surface area contributed by atoms with Crippen molar-refractivity contribution in [1.82, 2.24) is 5.32 Å². The lowest BCUT2D eigenvalue weighted by atomic mass is 10.1. The molecule has 0 saturated carbocycles. The van der Waals surface area contributed by atoms with E-state index in [4.69, 9.17) is 16.3 Å². The van der Waals surface area contributed by atoms with E-state index in [0.717, 1.165) is 29.3 Å². The van der Waals surface area contributed by atoms with Crippen LogP contribution in [0.1, 0.15) is 18.1 Å². The molecule has 2 rings (SSSR count). The van der Waals surface area contributed by atoms with Gasteiger partial charge in [0.1, 0.15) is 11.9 Å². The van der Waals surface area contributed by atoms with Gasteiger partial charge in [-0.2, -0.15) is 0 Å². The van der Waals surface area contributed by atoms with Gasteiger partial charge < -0.3 is 10.1 Å². The molecular formula is C11H14ClNO. The zero-order chi connectivity index (χ0) is 10.1. The van der Waals surface area contributed by atoms with Crippen molar-refractivity contribution in [1.29, 1.82) is 0 Å². The van der Waals surface area contributed by atoms with E-state index in [1.165, 1.54) is 5.56 Å². The maximum atomic E-state index is 6.03. The van der Waals surface area contributed by atoms with E-state index in [1.54, 1.807) is 0 Å². The molecule has 0 radical (unpaired) electrons. The van der Waals surface area contributed by atoms with Crippen LogP contribution in [0.25, 0.3) is 0 Å². The molecule has 0 amide bonds. The highest BCUT2D eigenvalue weighted by molar-refractivity contribution is 6.30. The van der Waals surface area contributed by atoms with Crippen molar-refractivity contribution in [3.05, 3.63) is 28.3 Å². The molecule has 0 aromatic heterocycles. The minimum absolute atomic E-state index is 0.277. The van der Waals surface area contributed by atoms with Crippen LogP contribution >= 0.6 is 11.6 Å². The molecule has 1 heterocycles. The van der Waals surface area contributed by atoms with Gasteiger partial charge in [-0.1, -0.05) is 11.6 Å². The van der Waals surface area contributed by atoms with Crippen LogP contribution in [0, 0.1) is 0 Å². The molecule has 0 saturated heterocycles.